The molecular formula is C26H38Cl2N4O3. The van der Waals surface area contributed by atoms with Crippen molar-refractivity contribution in [3.05, 3.63) is 28.2 Å². The number of nitrogens with zero attached hydrogens (tertiary/aromatic N) is 4. The van der Waals surface area contributed by atoms with Crippen LogP contribution in [0, 0.1) is 5.41 Å². The molecule has 2 amide bonds. The number of piperazine rings is 2. The summed E-state index contributed by atoms with van der Waals surface area (Å²) in [4.78, 5) is 33.7. The lowest BCUT2D eigenvalue weighted by Gasteiger charge is -2.57. The van der Waals surface area contributed by atoms with Gasteiger partial charge in [0.1, 0.15) is 6.04 Å². The van der Waals surface area contributed by atoms with Gasteiger partial charge in [0.15, 0.2) is 0 Å². The maximum Gasteiger partial charge on any atom is 0.408 e. The van der Waals surface area contributed by atoms with E-state index in [1.165, 1.54) is 24.2 Å². The Bertz CT molecular complexity index is 937. The third kappa shape index (κ3) is 5.23. The number of hydrogen-bond donors (Lipinski definition) is 1. The van der Waals surface area contributed by atoms with Crippen LogP contribution < -0.4 is 4.90 Å². The molecule has 0 unspecified atom stereocenters. The maximum atomic E-state index is 13.7. The molecule has 0 spiro atoms. The topological polar surface area (TPSA) is 67.3 Å². The molecular weight excluding hydrogens is 487 g/mol. The smallest absolute Gasteiger partial charge is 0.408 e. The highest BCUT2D eigenvalue weighted by atomic mass is 35.5. The first-order valence-corrected chi connectivity index (χ1v) is 13.5. The summed E-state index contributed by atoms with van der Waals surface area (Å²) in [6, 6.07) is 4.91. The monoisotopic (exact) mass is 524 g/mol. The van der Waals surface area contributed by atoms with Crippen molar-refractivity contribution >= 4 is 40.9 Å². The van der Waals surface area contributed by atoms with Gasteiger partial charge in [0.25, 0.3) is 0 Å². The molecule has 1 N–H and O–H groups in total. The van der Waals surface area contributed by atoms with Gasteiger partial charge in [-0.2, -0.15) is 0 Å². The van der Waals surface area contributed by atoms with E-state index in [-0.39, 0.29) is 16.9 Å². The summed E-state index contributed by atoms with van der Waals surface area (Å²) in [7, 11) is 0. The minimum atomic E-state index is -1.01. The van der Waals surface area contributed by atoms with Crippen LogP contribution in [0.4, 0.5) is 10.5 Å². The maximum absolute atomic E-state index is 13.7. The van der Waals surface area contributed by atoms with E-state index in [1.807, 2.05) is 17.0 Å². The molecule has 1 aliphatic carbocycles. The Morgan fingerprint density at radius 2 is 1.60 bits per heavy atom. The lowest BCUT2D eigenvalue weighted by Crippen LogP contribution is -2.69. The van der Waals surface area contributed by atoms with Crippen LogP contribution in [0.5, 0.6) is 0 Å². The lowest BCUT2D eigenvalue weighted by atomic mass is 9.64. The normalized spacial score (nSPS) is 23.9. The van der Waals surface area contributed by atoms with E-state index in [4.69, 9.17) is 23.2 Å². The van der Waals surface area contributed by atoms with Crippen LogP contribution in [0.3, 0.4) is 0 Å². The highest BCUT2D eigenvalue weighted by Crippen LogP contribution is 2.47. The fourth-order valence-electron chi connectivity index (χ4n) is 6.37. The van der Waals surface area contributed by atoms with Crippen molar-refractivity contribution in [2.24, 2.45) is 5.41 Å². The van der Waals surface area contributed by atoms with E-state index in [1.54, 1.807) is 6.07 Å². The van der Waals surface area contributed by atoms with Gasteiger partial charge in [-0.25, -0.2) is 4.79 Å². The molecule has 9 heteroatoms. The average Bonchev–Trinajstić information content (AvgIpc) is 2.84. The van der Waals surface area contributed by atoms with Gasteiger partial charge < -0.3 is 14.9 Å². The zero-order valence-electron chi connectivity index (χ0n) is 21.1. The number of anilines is 1. The van der Waals surface area contributed by atoms with Gasteiger partial charge >= 0.3 is 6.09 Å². The Morgan fingerprint density at radius 1 is 0.943 bits per heavy atom. The highest BCUT2D eigenvalue weighted by Gasteiger charge is 2.50. The van der Waals surface area contributed by atoms with Crippen molar-refractivity contribution in [1.82, 2.24) is 14.7 Å². The number of carbonyl (C=O) groups is 2. The van der Waals surface area contributed by atoms with Gasteiger partial charge in [0.05, 0.1) is 10.0 Å². The van der Waals surface area contributed by atoms with Crippen LogP contribution in [-0.2, 0) is 4.79 Å². The Hall–Kier alpha value is -1.70. The predicted octanol–water partition coefficient (Wildman–Crippen LogP) is 5.06. The molecule has 3 fully saturated rings. The first kappa shape index (κ1) is 26.4. The Kier molecular flexibility index (Phi) is 7.79. The lowest BCUT2D eigenvalue weighted by molar-refractivity contribution is -0.143. The van der Waals surface area contributed by atoms with Gasteiger partial charge in [-0.3, -0.25) is 14.6 Å². The first-order chi connectivity index (χ1) is 16.5. The molecule has 1 atom stereocenters. The predicted molar refractivity (Wildman–Crippen MR) is 141 cm³/mol. The molecule has 0 bridgehead atoms. The summed E-state index contributed by atoms with van der Waals surface area (Å²) in [6.07, 6.45) is 4.82. The third-order valence-corrected chi connectivity index (χ3v) is 9.19. The molecule has 1 aromatic carbocycles. The standard InChI is InChI=1S/C26H38Cl2N4O3/c1-25(2,3)26(9-5-4-6-10-26)31-15-16-32(24(34)35)22(18-31)23(33)30-13-11-29(12-14-30)19-7-8-20(27)21(28)17-19/h7-8,17,22H,4-6,9-16,18H2,1-3H3,(H,34,35)/t22-/m1/s1. The minimum Gasteiger partial charge on any atom is -0.465 e. The fourth-order valence-corrected chi connectivity index (χ4v) is 6.66. The van der Waals surface area contributed by atoms with Crippen molar-refractivity contribution in [1.29, 1.82) is 0 Å². The Morgan fingerprint density at radius 3 is 2.17 bits per heavy atom. The molecule has 194 valence electrons. The Balaban J connectivity index is 1.48. The number of amides is 2. The van der Waals surface area contributed by atoms with Crippen molar-refractivity contribution in [3.63, 3.8) is 0 Å². The molecule has 1 saturated carbocycles. The van der Waals surface area contributed by atoms with Crippen molar-refractivity contribution in [3.8, 4) is 0 Å². The summed E-state index contributed by atoms with van der Waals surface area (Å²) in [5.41, 5.74) is 1.03. The fraction of sp³-hybridized carbons (Fsp3) is 0.692. The summed E-state index contributed by atoms with van der Waals surface area (Å²) < 4.78 is 0. The second-order valence-electron chi connectivity index (χ2n) is 11.2. The van der Waals surface area contributed by atoms with Crippen LogP contribution in [-0.4, -0.2) is 89.2 Å². The number of benzene rings is 1. The van der Waals surface area contributed by atoms with Crippen molar-refractivity contribution in [2.75, 3.05) is 50.7 Å². The number of carbonyl (C=O) groups excluding carboxylic acids is 1. The van der Waals surface area contributed by atoms with Crippen LogP contribution >= 0.6 is 23.2 Å². The molecule has 3 aliphatic rings. The average molecular weight is 526 g/mol. The van der Waals surface area contributed by atoms with Crippen LogP contribution in [0.25, 0.3) is 0 Å². The first-order valence-electron chi connectivity index (χ1n) is 12.8. The minimum absolute atomic E-state index is 0.000915. The highest BCUT2D eigenvalue weighted by molar-refractivity contribution is 6.42. The zero-order valence-corrected chi connectivity index (χ0v) is 22.6. The molecule has 0 aromatic heterocycles. The molecule has 4 rings (SSSR count). The molecule has 2 aliphatic heterocycles. The summed E-state index contributed by atoms with van der Waals surface area (Å²) in [5.74, 6) is -0.0780. The van der Waals surface area contributed by atoms with Crippen LogP contribution in [0.1, 0.15) is 52.9 Å². The quantitative estimate of drug-likeness (QED) is 0.598. The van der Waals surface area contributed by atoms with Gasteiger partial charge in [-0.15, -0.1) is 0 Å². The summed E-state index contributed by atoms with van der Waals surface area (Å²) >= 11 is 12.2. The molecule has 2 saturated heterocycles. The van der Waals surface area contributed by atoms with E-state index >= 15 is 0 Å². The zero-order chi connectivity index (χ0) is 25.4. The second-order valence-corrected chi connectivity index (χ2v) is 12.0. The number of halogens is 2. The van der Waals surface area contributed by atoms with E-state index in [0.717, 1.165) is 18.5 Å². The largest absolute Gasteiger partial charge is 0.465 e. The van der Waals surface area contributed by atoms with Crippen molar-refractivity contribution < 1.29 is 14.7 Å². The van der Waals surface area contributed by atoms with E-state index in [0.29, 0.717) is 55.9 Å². The van der Waals surface area contributed by atoms with Gasteiger partial charge in [0, 0.05) is 57.0 Å². The number of hydrogen-bond acceptors (Lipinski definition) is 4. The summed E-state index contributed by atoms with van der Waals surface area (Å²) in [5, 5.41) is 11.0. The number of carboxylic acid groups (broad SMARTS) is 1. The second kappa shape index (κ2) is 10.3. The van der Waals surface area contributed by atoms with Crippen molar-refractivity contribution in [2.45, 2.75) is 64.5 Å². The van der Waals surface area contributed by atoms with E-state index in [2.05, 4.69) is 30.6 Å². The SMILES string of the molecule is CC(C)(C)C1(N2CCN(C(=O)O)[C@@H](C(=O)N3CCN(c4ccc(Cl)c(Cl)c4)CC3)C2)CCCCC1. The molecule has 7 nitrogen and oxygen atoms in total. The van der Waals surface area contributed by atoms with Gasteiger partial charge in [-0.1, -0.05) is 63.2 Å². The molecule has 35 heavy (non-hydrogen) atoms. The number of rotatable bonds is 3. The molecule has 0 radical (unpaired) electrons. The van der Waals surface area contributed by atoms with Gasteiger partial charge in [-0.05, 0) is 36.5 Å². The Labute approximate surface area is 218 Å². The van der Waals surface area contributed by atoms with Gasteiger partial charge in [0.2, 0.25) is 5.91 Å². The van der Waals surface area contributed by atoms with Crippen LogP contribution in [0.2, 0.25) is 10.0 Å². The van der Waals surface area contributed by atoms with Crippen LogP contribution in [0.15, 0.2) is 18.2 Å². The molecule has 1 aromatic rings. The molecule has 2 heterocycles. The van der Waals surface area contributed by atoms with E-state index in [9.17, 15) is 14.7 Å². The summed E-state index contributed by atoms with van der Waals surface area (Å²) in [6.45, 7) is 10.8. The third-order valence-electron chi connectivity index (χ3n) is 8.45. The van der Waals surface area contributed by atoms with E-state index < -0.39 is 12.1 Å².